The van der Waals surface area contributed by atoms with Crippen LogP contribution in [0, 0.1) is 0 Å². The first-order valence-electron chi connectivity index (χ1n) is 10.6. The number of esters is 1. The minimum atomic E-state index is -0.490. The molecule has 2 aromatic heterocycles. The molecule has 170 valence electrons. The van der Waals surface area contributed by atoms with Gasteiger partial charge in [0.15, 0.2) is 0 Å². The van der Waals surface area contributed by atoms with Crippen LogP contribution < -0.4 is 0 Å². The normalized spacial score (nSPS) is 14.5. The lowest BCUT2D eigenvalue weighted by molar-refractivity contribution is 0.0519. The first-order valence-corrected chi connectivity index (χ1v) is 10.9. The molecule has 9 heteroatoms. The molecular weight excluding hydrogens is 432 g/mol. The van der Waals surface area contributed by atoms with Gasteiger partial charge in [0.1, 0.15) is 10.8 Å². The summed E-state index contributed by atoms with van der Waals surface area (Å²) < 4.78 is 4.87. The van der Waals surface area contributed by atoms with Crippen molar-refractivity contribution in [1.82, 2.24) is 19.8 Å². The number of halogens is 1. The Hall–Kier alpha value is -3.00. The monoisotopic (exact) mass is 458 g/mol. The predicted octanol–water partition coefficient (Wildman–Crippen LogP) is 3.72. The maximum atomic E-state index is 12.1. The largest absolute Gasteiger partial charge is 0.461 e. The van der Waals surface area contributed by atoms with Crippen molar-refractivity contribution in [3.63, 3.8) is 0 Å². The van der Waals surface area contributed by atoms with E-state index in [0.717, 1.165) is 11.1 Å². The first-order chi connectivity index (χ1) is 15.1. The Balaban J connectivity index is 0.000000186. The average Bonchev–Trinajstić information content (AvgIpc) is 3.26. The van der Waals surface area contributed by atoms with E-state index in [4.69, 9.17) is 16.3 Å². The van der Waals surface area contributed by atoms with E-state index in [1.807, 2.05) is 32.6 Å². The molecule has 0 unspecified atom stereocenters. The highest BCUT2D eigenvalue weighted by molar-refractivity contribution is 6.29. The Bertz CT molecular complexity index is 1050. The number of ether oxygens (including phenoxy) is 1. The van der Waals surface area contributed by atoms with Gasteiger partial charge in [0.25, 0.3) is 11.8 Å². The summed E-state index contributed by atoms with van der Waals surface area (Å²) in [5, 5.41) is 0.378. The van der Waals surface area contributed by atoms with Gasteiger partial charge in [0.2, 0.25) is 0 Å². The predicted molar refractivity (Wildman–Crippen MR) is 119 cm³/mol. The van der Waals surface area contributed by atoms with E-state index >= 15 is 0 Å². The molecule has 0 saturated heterocycles. The zero-order chi connectivity index (χ0) is 23.6. The van der Waals surface area contributed by atoms with Crippen molar-refractivity contribution in [1.29, 1.82) is 0 Å². The molecule has 4 rings (SSSR count). The molecule has 0 fully saturated rings. The van der Waals surface area contributed by atoms with Crippen LogP contribution in [0.4, 0.5) is 0 Å². The Labute approximate surface area is 192 Å². The Kier molecular flexibility index (Phi) is 7.13. The third-order valence-corrected chi connectivity index (χ3v) is 5.54. The summed E-state index contributed by atoms with van der Waals surface area (Å²) in [5.74, 6) is -0.483. The van der Waals surface area contributed by atoms with E-state index < -0.39 is 5.97 Å². The van der Waals surface area contributed by atoms with Gasteiger partial charge in [-0.05, 0) is 46.8 Å². The molecule has 0 atom stereocenters. The molecule has 4 heterocycles. The quantitative estimate of drug-likeness (QED) is 0.512. The maximum Gasteiger partial charge on any atom is 0.356 e. The number of hydrogen-bond donors (Lipinski definition) is 0. The van der Waals surface area contributed by atoms with Crippen LogP contribution in [-0.4, -0.2) is 56.2 Å². The van der Waals surface area contributed by atoms with Crippen molar-refractivity contribution in [2.24, 2.45) is 0 Å². The van der Waals surface area contributed by atoms with Crippen LogP contribution in [0.15, 0.2) is 24.5 Å². The number of fused-ring (bicyclic) bond motifs is 2. The average molecular weight is 459 g/mol. The van der Waals surface area contributed by atoms with Crippen LogP contribution in [0.2, 0.25) is 5.15 Å². The highest BCUT2D eigenvalue weighted by atomic mass is 35.5. The van der Waals surface area contributed by atoms with E-state index in [0.29, 0.717) is 36.0 Å². The molecule has 0 saturated carbocycles. The van der Waals surface area contributed by atoms with Crippen LogP contribution in [0.25, 0.3) is 0 Å². The molecule has 0 radical (unpaired) electrons. The lowest BCUT2D eigenvalue weighted by Gasteiger charge is -2.19. The second-order valence-electron chi connectivity index (χ2n) is 8.16. The molecule has 0 N–H and O–H groups in total. The molecule has 0 aromatic carbocycles. The maximum absolute atomic E-state index is 12.1. The number of amides is 2. The molecule has 2 aromatic rings. The smallest absolute Gasteiger partial charge is 0.356 e. The number of nitrogens with zero attached hydrogens (tertiary/aromatic N) is 4. The highest BCUT2D eigenvalue weighted by Crippen LogP contribution is 2.26. The minimum absolute atomic E-state index is 0.0482. The lowest BCUT2D eigenvalue weighted by Crippen LogP contribution is -2.30. The zero-order valence-electron chi connectivity index (χ0n) is 18.9. The summed E-state index contributed by atoms with van der Waals surface area (Å²) in [7, 11) is 0. The Morgan fingerprint density at radius 3 is 1.97 bits per heavy atom. The van der Waals surface area contributed by atoms with Gasteiger partial charge in [-0.2, -0.15) is 0 Å². The summed E-state index contributed by atoms with van der Waals surface area (Å²) in [5.41, 5.74) is 3.27. The molecule has 8 nitrogen and oxygen atoms in total. The second-order valence-corrected chi connectivity index (χ2v) is 8.55. The van der Waals surface area contributed by atoms with Gasteiger partial charge < -0.3 is 14.5 Å². The van der Waals surface area contributed by atoms with Crippen LogP contribution in [0.1, 0.15) is 77.0 Å². The summed E-state index contributed by atoms with van der Waals surface area (Å²) in [6, 6.07) is 3.52. The van der Waals surface area contributed by atoms with Gasteiger partial charge in [-0.1, -0.05) is 11.6 Å². The van der Waals surface area contributed by atoms with Crippen molar-refractivity contribution in [2.45, 2.75) is 59.8 Å². The summed E-state index contributed by atoms with van der Waals surface area (Å²) in [6.07, 6.45) is 3.26. The second kappa shape index (κ2) is 9.65. The van der Waals surface area contributed by atoms with Crippen molar-refractivity contribution in [2.75, 3.05) is 6.61 Å². The van der Waals surface area contributed by atoms with E-state index in [1.54, 1.807) is 30.3 Å². The zero-order valence-corrected chi connectivity index (χ0v) is 19.6. The summed E-state index contributed by atoms with van der Waals surface area (Å²) >= 11 is 5.73. The standard InChI is InChI=1S/C13H16N2O3.C10H11ClN2O/c1-4-18-13(17)11-5-10-9(6-14-11)7-15(8(2)3)12(10)16;1-6(2)13-5-7-4-12-9(11)3-8(7)10(13)14/h5-6,8H,4,7H2,1-3H3;3-4,6H,5H2,1-2H3. The van der Waals surface area contributed by atoms with Gasteiger partial charge in [0, 0.05) is 59.8 Å². The van der Waals surface area contributed by atoms with E-state index in [9.17, 15) is 14.4 Å². The molecular formula is C23H27ClN4O4. The van der Waals surface area contributed by atoms with Gasteiger partial charge in [-0.25, -0.2) is 14.8 Å². The van der Waals surface area contributed by atoms with E-state index in [1.165, 1.54) is 6.07 Å². The molecule has 2 amide bonds. The SMILES string of the molecule is CC(C)N1Cc2cnc(Cl)cc2C1=O.CCOC(=O)c1cc2c(cn1)CN(C(C)C)C2=O. The molecule has 0 aliphatic carbocycles. The number of aromatic nitrogens is 2. The Morgan fingerprint density at radius 2 is 1.47 bits per heavy atom. The summed E-state index contributed by atoms with van der Waals surface area (Å²) in [6.45, 7) is 11.2. The fourth-order valence-electron chi connectivity index (χ4n) is 3.56. The molecule has 2 aliphatic rings. The van der Waals surface area contributed by atoms with Crippen molar-refractivity contribution in [3.05, 3.63) is 57.6 Å². The number of carbonyl (C=O) groups excluding carboxylic acids is 3. The number of rotatable bonds is 4. The molecule has 32 heavy (non-hydrogen) atoms. The van der Waals surface area contributed by atoms with Gasteiger partial charge in [-0.15, -0.1) is 0 Å². The highest BCUT2D eigenvalue weighted by Gasteiger charge is 2.31. The number of hydrogen-bond acceptors (Lipinski definition) is 6. The fourth-order valence-corrected chi connectivity index (χ4v) is 3.72. The Morgan fingerprint density at radius 1 is 0.969 bits per heavy atom. The van der Waals surface area contributed by atoms with Gasteiger partial charge in [-0.3, -0.25) is 9.59 Å². The topological polar surface area (TPSA) is 92.7 Å². The van der Waals surface area contributed by atoms with Crippen LogP contribution in [0.5, 0.6) is 0 Å². The van der Waals surface area contributed by atoms with Crippen LogP contribution in [0.3, 0.4) is 0 Å². The van der Waals surface area contributed by atoms with Crippen molar-refractivity contribution >= 4 is 29.4 Å². The van der Waals surface area contributed by atoms with Crippen molar-refractivity contribution in [3.8, 4) is 0 Å². The fraction of sp³-hybridized carbons (Fsp3) is 0.435. The first kappa shape index (κ1) is 23.7. The number of carbonyl (C=O) groups is 3. The third kappa shape index (κ3) is 4.75. The van der Waals surface area contributed by atoms with E-state index in [-0.39, 0.29) is 29.6 Å². The number of pyridine rings is 2. The molecule has 2 aliphatic heterocycles. The van der Waals surface area contributed by atoms with E-state index in [2.05, 4.69) is 9.97 Å². The third-order valence-electron chi connectivity index (χ3n) is 5.33. The molecule has 0 bridgehead atoms. The van der Waals surface area contributed by atoms with Crippen LogP contribution in [-0.2, 0) is 17.8 Å². The molecule has 0 spiro atoms. The van der Waals surface area contributed by atoms with Crippen LogP contribution >= 0.6 is 11.6 Å². The van der Waals surface area contributed by atoms with Gasteiger partial charge in [0.05, 0.1) is 6.61 Å². The lowest BCUT2D eigenvalue weighted by atomic mass is 10.1. The van der Waals surface area contributed by atoms with Gasteiger partial charge >= 0.3 is 5.97 Å². The van der Waals surface area contributed by atoms with Crippen molar-refractivity contribution < 1.29 is 19.1 Å². The minimum Gasteiger partial charge on any atom is -0.461 e. The summed E-state index contributed by atoms with van der Waals surface area (Å²) in [4.78, 5) is 47.1.